The van der Waals surface area contributed by atoms with Gasteiger partial charge in [-0.05, 0) is 26.8 Å². The molecule has 34 heavy (non-hydrogen) atoms. The molecule has 3 rings (SSSR count). The summed E-state index contributed by atoms with van der Waals surface area (Å²) < 4.78 is 9.93. The van der Waals surface area contributed by atoms with Crippen molar-refractivity contribution in [1.29, 1.82) is 0 Å². The van der Waals surface area contributed by atoms with E-state index < -0.39 is 47.4 Å². The predicted octanol–water partition coefficient (Wildman–Crippen LogP) is 0.871. The van der Waals surface area contributed by atoms with Gasteiger partial charge >= 0.3 is 11.9 Å². The van der Waals surface area contributed by atoms with Gasteiger partial charge in [-0.3, -0.25) is 19.3 Å². The molecule has 0 radical (unpaired) electrons. The quantitative estimate of drug-likeness (QED) is 0.169. The molecule has 3 heterocycles. The number of hydrogen-bond donors (Lipinski definition) is 2. The van der Waals surface area contributed by atoms with E-state index in [1.54, 1.807) is 32.2 Å². The molecule has 2 aliphatic heterocycles. The summed E-state index contributed by atoms with van der Waals surface area (Å²) in [5.74, 6) is -2.09. The molecular weight excluding hydrogens is 510 g/mol. The molecule has 0 bridgehead atoms. The first-order chi connectivity index (χ1) is 15.5. The molecule has 2 amide bonds. The van der Waals surface area contributed by atoms with Crippen LogP contribution in [0.4, 0.5) is 5.13 Å². The third kappa shape index (κ3) is 5.80. The molecule has 2 aliphatic rings. The molecule has 0 aliphatic carbocycles. The summed E-state index contributed by atoms with van der Waals surface area (Å²) in [7, 11) is 1.28. The van der Waals surface area contributed by atoms with E-state index in [1.807, 2.05) is 0 Å². The highest BCUT2D eigenvalue weighted by Gasteiger charge is 2.53. The fraction of sp³-hybridized carbons (Fsp3) is 0.474. The molecule has 186 valence electrons. The number of aromatic nitrogens is 1. The van der Waals surface area contributed by atoms with Crippen LogP contribution in [0, 0.1) is 5.41 Å². The highest BCUT2D eigenvalue weighted by atomic mass is 35.5. The van der Waals surface area contributed by atoms with Crippen LogP contribution in [-0.4, -0.2) is 70.4 Å². The summed E-state index contributed by atoms with van der Waals surface area (Å²) in [4.78, 5) is 59.7. The van der Waals surface area contributed by atoms with Crippen molar-refractivity contribution in [2.24, 2.45) is 10.6 Å². The van der Waals surface area contributed by atoms with Gasteiger partial charge in [-0.1, -0.05) is 5.16 Å². The maximum absolute atomic E-state index is 12.7. The van der Waals surface area contributed by atoms with Crippen LogP contribution >= 0.6 is 35.5 Å². The lowest BCUT2D eigenvalue weighted by Crippen LogP contribution is -2.70. The van der Waals surface area contributed by atoms with E-state index in [0.29, 0.717) is 5.75 Å². The number of amides is 2. The SMILES string of the molecule is CO/N=C(\C(=O)N[C@@H]1C(=O)N2C(C(=O)OCOC(=O)C(C)(C)C)=CCS[C@H]12)c1csc(N)n1.Cl. The second kappa shape index (κ2) is 11.1. The van der Waals surface area contributed by atoms with E-state index in [0.717, 1.165) is 11.3 Å². The Morgan fingerprint density at radius 1 is 1.32 bits per heavy atom. The highest BCUT2D eigenvalue weighted by Crippen LogP contribution is 2.37. The van der Waals surface area contributed by atoms with Gasteiger partial charge in [0.05, 0.1) is 5.41 Å². The molecule has 1 fully saturated rings. The van der Waals surface area contributed by atoms with Crippen LogP contribution in [0.25, 0.3) is 0 Å². The van der Waals surface area contributed by atoms with E-state index >= 15 is 0 Å². The lowest BCUT2D eigenvalue weighted by atomic mass is 9.98. The summed E-state index contributed by atoms with van der Waals surface area (Å²) in [5, 5.41) is 7.57. The maximum Gasteiger partial charge on any atom is 0.357 e. The minimum atomic E-state index is -0.893. The predicted molar refractivity (Wildman–Crippen MR) is 127 cm³/mol. The number of nitrogens with two attached hydrogens (primary N) is 1. The van der Waals surface area contributed by atoms with Crippen molar-refractivity contribution >= 4 is 70.1 Å². The lowest BCUT2D eigenvalue weighted by molar-refractivity contribution is -0.173. The smallest absolute Gasteiger partial charge is 0.357 e. The van der Waals surface area contributed by atoms with E-state index in [9.17, 15) is 19.2 Å². The largest absolute Gasteiger partial charge is 0.427 e. The van der Waals surface area contributed by atoms with Crippen LogP contribution < -0.4 is 11.1 Å². The second-order valence-corrected chi connectivity index (χ2v) is 9.94. The molecule has 0 spiro atoms. The van der Waals surface area contributed by atoms with Gasteiger partial charge in [0.1, 0.15) is 29.9 Å². The molecular formula is C19H24ClN5O7S2. The summed E-state index contributed by atoms with van der Waals surface area (Å²) >= 11 is 2.49. The van der Waals surface area contributed by atoms with Gasteiger partial charge in [-0.25, -0.2) is 9.78 Å². The van der Waals surface area contributed by atoms with Crippen LogP contribution in [0.2, 0.25) is 0 Å². The number of β-lactam (4-membered cyclic amide) rings is 1. The van der Waals surface area contributed by atoms with Gasteiger partial charge in [-0.2, -0.15) is 0 Å². The number of thiazole rings is 1. The summed E-state index contributed by atoms with van der Waals surface area (Å²) in [6, 6.07) is -0.893. The molecule has 1 aromatic rings. The van der Waals surface area contributed by atoms with Crippen LogP contribution in [0.5, 0.6) is 0 Å². The number of oxime groups is 1. The van der Waals surface area contributed by atoms with Crippen molar-refractivity contribution in [3.63, 3.8) is 0 Å². The van der Waals surface area contributed by atoms with Crippen molar-refractivity contribution in [1.82, 2.24) is 15.2 Å². The third-order valence-electron chi connectivity index (χ3n) is 4.50. The Morgan fingerprint density at radius 2 is 2.03 bits per heavy atom. The van der Waals surface area contributed by atoms with Gasteiger partial charge in [0, 0.05) is 11.1 Å². The zero-order valence-electron chi connectivity index (χ0n) is 18.7. The molecule has 15 heteroatoms. The van der Waals surface area contributed by atoms with Gasteiger partial charge in [0.25, 0.3) is 11.8 Å². The Balaban J connectivity index is 0.00000408. The van der Waals surface area contributed by atoms with Crippen LogP contribution in [0.1, 0.15) is 26.5 Å². The molecule has 0 aromatic carbocycles. The number of ether oxygens (including phenoxy) is 2. The highest BCUT2D eigenvalue weighted by molar-refractivity contribution is 8.00. The maximum atomic E-state index is 12.7. The van der Waals surface area contributed by atoms with E-state index in [-0.39, 0.29) is 34.6 Å². The Bertz CT molecular complexity index is 1040. The van der Waals surface area contributed by atoms with Gasteiger partial charge < -0.3 is 25.4 Å². The average Bonchev–Trinajstić information content (AvgIpc) is 3.19. The molecule has 0 unspecified atom stereocenters. The first kappa shape index (κ1) is 27.4. The van der Waals surface area contributed by atoms with Gasteiger partial charge in [0.2, 0.25) is 6.79 Å². The number of halogens is 1. The monoisotopic (exact) mass is 533 g/mol. The fourth-order valence-electron chi connectivity index (χ4n) is 2.86. The first-order valence-corrected chi connectivity index (χ1v) is 11.6. The zero-order chi connectivity index (χ0) is 24.3. The van der Waals surface area contributed by atoms with Gasteiger partial charge in [0.15, 0.2) is 10.8 Å². The minimum absolute atomic E-state index is 0. The Labute approximate surface area is 209 Å². The van der Waals surface area contributed by atoms with Crippen LogP contribution in [0.15, 0.2) is 22.3 Å². The number of fused-ring (bicyclic) bond motifs is 1. The van der Waals surface area contributed by atoms with Crippen LogP contribution in [-0.2, 0) is 33.5 Å². The lowest BCUT2D eigenvalue weighted by Gasteiger charge is -2.48. The van der Waals surface area contributed by atoms with Crippen molar-refractivity contribution in [3.8, 4) is 0 Å². The third-order valence-corrected chi connectivity index (χ3v) is 6.35. The number of hydrogen-bond acceptors (Lipinski definition) is 12. The van der Waals surface area contributed by atoms with Crippen molar-refractivity contribution in [3.05, 3.63) is 22.8 Å². The fourth-order valence-corrected chi connectivity index (χ4v) is 4.60. The summed E-state index contributed by atoms with van der Waals surface area (Å²) in [6.45, 7) is 4.44. The number of nitrogens with one attached hydrogen (secondary N) is 1. The standard InChI is InChI=1S/C19H23N5O7S2.ClH/c1-19(2,3)17(28)31-8-30-16(27)10-5-6-32-15-12(14(26)24(10)15)22-13(25)11(23-29-4)9-7-33-18(20)21-9;/h5,7,12,15H,6,8H2,1-4H3,(H2,20,21)(H,22,25);1H/b23-11-;/t12-,15-;/m1./s1. The first-order valence-electron chi connectivity index (χ1n) is 9.67. The van der Waals surface area contributed by atoms with Crippen molar-refractivity contribution < 1.29 is 33.5 Å². The number of carbonyl (C=O) groups is 4. The normalized spacial score (nSPS) is 19.6. The number of nitrogen functional groups attached to an aromatic ring is 1. The van der Waals surface area contributed by atoms with Crippen molar-refractivity contribution in [2.45, 2.75) is 32.2 Å². The summed E-state index contributed by atoms with van der Waals surface area (Å²) in [6.07, 6.45) is 1.54. The Kier molecular flexibility index (Phi) is 8.91. The molecule has 1 aromatic heterocycles. The average molecular weight is 534 g/mol. The summed E-state index contributed by atoms with van der Waals surface area (Å²) in [5.41, 5.74) is 4.98. The molecule has 1 saturated heterocycles. The van der Waals surface area contributed by atoms with Crippen LogP contribution in [0.3, 0.4) is 0 Å². The van der Waals surface area contributed by atoms with E-state index in [2.05, 4.69) is 15.5 Å². The molecule has 12 nitrogen and oxygen atoms in total. The molecule has 2 atom stereocenters. The zero-order valence-corrected chi connectivity index (χ0v) is 21.2. The molecule has 3 N–H and O–H groups in total. The Morgan fingerprint density at radius 3 is 2.62 bits per heavy atom. The van der Waals surface area contributed by atoms with E-state index in [4.69, 9.17) is 20.0 Å². The minimum Gasteiger partial charge on any atom is -0.427 e. The number of carbonyl (C=O) groups excluding carboxylic acids is 4. The number of esters is 2. The topological polar surface area (TPSA) is 163 Å². The number of nitrogens with zero attached hydrogens (tertiary/aromatic N) is 3. The number of rotatable bonds is 7. The number of thioether (sulfide) groups is 1. The van der Waals surface area contributed by atoms with Crippen molar-refractivity contribution in [2.75, 3.05) is 25.4 Å². The molecule has 0 saturated carbocycles. The Hall–Kier alpha value is -2.84. The van der Waals surface area contributed by atoms with E-state index in [1.165, 1.54) is 23.8 Å². The number of anilines is 1. The van der Waals surface area contributed by atoms with Gasteiger partial charge in [-0.15, -0.1) is 35.5 Å². The second-order valence-electron chi connectivity index (χ2n) is 7.90.